The number of aryl methyl sites for hydroxylation is 1. The lowest BCUT2D eigenvalue weighted by atomic mass is 10.1. The number of fused-ring (bicyclic) bond motifs is 2. The van der Waals surface area contributed by atoms with E-state index in [9.17, 15) is 19.2 Å². The van der Waals surface area contributed by atoms with Crippen LogP contribution in [0.1, 0.15) is 39.3 Å². The number of carbonyl (C=O) groups is 4. The first-order chi connectivity index (χ1) is 21.9. The molecule has 2 aromatic heterocycles. The van der Waals surface area contributed by atoms with Gasteiger partial charge in [-0.15, -0.1) is 10.2 Å². The molecule has 0 unspecified atom stereocenters. The van der Waals surface area contributed by atoms with Gasteiger partial charge in [0.05, 0.1) is 26.5 Å². The van der Waals surface area contributed by atoms with Crippen molar-refractivity contribution in [3.05, 3.63) is 77.9 Å². The van der Waals surface area contributed by atoms with Gasteiger partial charge >= 0.3 is 0 Å². The number of imidazole rings is 1. The largest absolute Gasteiger partial charge is 0.492 e. The number of aromatic amines is 1. The van der Waals surface area contributed by atoms with Gasteiger partial charge in [0, 0.05) is 48.1 Å². The van der Waals surface area contributed by atoms with E-state index in [1.165, 1.54) is 16.0 Å². The fraction of sp³-hybridized carbons (Fsp3) is 0.333. The number of tetrazole rings is 1. The molecule has 1 aliphatic heterocycles. The number of hydrogen-bond donors (Lipinski definition) is 4. The van der Waals surface area contributed by atoms with Crippen LogP contribution in [0.3, 0.4) is 0 Å². The van der Waals surface area contributed by atoms with Gasteiger partial charge in [-0.3, -0.25) is 19.2 Å². The van der Waals surface area contributed by atoms with Crippen LogP contribution >= 0.6 is 0 Å². The molecular weight excluding hydrogens is 580 g/mol. The minimum atomic E-state index is -0.857. The van der Waals surface area contributed by atoms with Crippen molar-refractivity contribution >= 4 is 23.6 Å². The lowest BCUT2D eigenvalue weighted by Crippen LogP contribution is -2.48. The maximum absolute atomic E-state index is 13.5. The van der Waals surface area contributed by atoms with Gasteiger partial charge in [-0.25, -0.2) is 4.98 Å². The van der Waals surface area contributed by atoms with Crippen molar-refractivity contribution in [2.45, 2.75) is 25.3 Å². The number of ether oxygens (including phenoxy) is 1. The molecule has 4 aromatic rings. The highest BCUT2D eigenvalue weighted by Gasteiger charge is 2.23. The molecule has 5 rings (SSSR count). The average molecular weight is 615 g/mol. The molecule has 15 heteroatoms. The zero-order valence-corrected chi connectivity index (χ0v) is 24.7. The van der Waals surface area contributed by atoms with Gasteiger partial charge in [0.25, 0.3) is 11.8 Å². The van der Waals surface area contributed by atoms with Crippen LogP contribution in [0.5, 0.6) is 5.75 Å². The van der Waals surface area contributed by atoms with E-state index < -0.39 is 11.9 Å². The lowest BCUT2D eigenvalue weighted by Gasteiger charge is -2.23. The fourth-order valence-corrected chi connectivity index (χ4v) is 4.74. The summed E-state index contributed by atoms with van der Waals surface area (Å²) in [7, 11) is 1.67. The minimum absolute atomic E-state index is 0.146. The highest BCUT2D eigenvalue weighted by Crippen LogP contribution is 2.17. The quantitative estimate of drug-likeness (QED) is 0.254. The number of aromatic nitrogens is 6. The number of H-pyrrole nitrogens is 1. The smallest absolute Gasteiger partial charge is 0.254 e. The SMILES string of the molecule is Cn1nnc(-c2ccc(C(=O)N3CCCCNC(=O)[C@H](Cc4cnc[nH]4)NC(=O)c4cccc(c4)OCCNC(=O)C3)cc2)n1. The molecule has 2 aromatic carbocycles. The molecule has 0 aliphatic carbocycles. The number of carbonyl (C=O) groups excluding carboxylic acids is 4. The Kier molecular flexibility index (Phi) is 10.1. The van der Waals surface area contributed by atoms with E-state index in [4.69, 9.17) is 4.74 Å². The Morgan fingerprint density at radius 2 is 1.87 bits per heavy atom. The van der Waals surface area contributed by atoms with E-state index in [1.807, 2.05) is 0 Å². The summed E-state index contributed by atoms with van der Waals surface area (Å²) in [5.74, 6) is -0.566. The second-order valence-electron chi connectivity index (χ2n) is 10.4. The second kappa shape index (κ2) is 14.7. The van der Waals surface area contributed by atoms with Crippen LogP contribution in [0.25, 0.3) is 11.4 Å². The molecule has 4 amide bonds. The lowest BCUT2D eigenvalue weighted by molar-refractivity contribution is -0.123. The summed E-state index contributed by atoms with van der Waals surface area (Å²) in [5.41, 5.74) is 2.13. The summed E-state index contributed by atoms with van der Waals surface area (Å²) in [4.78, 5) is 62.4. The average Bonchev–Trinajstić information content (AvgIpc) is 3.73. The number of rotatable bonds is 4. The van der Waals surface area contributed by atoms with Gasteiger partial charge < -0.3 is 30.6 Å². The van der Waals surface area contributed by atoms with Gasteiger partial charge in [0.2, 0.25) is 17.6 Å². The third-order valence-electron chi connectivity index (χ3n) is 7.06. The van der Waals surface area contributed by atoms with Crippen molar-refractivity contribution in [2.75, 3.05) is 32.8 Å². The summed E-state index contributed by atoms with van der Waals surface area (Å²) in [6.07, 6.45) is 4.39. The first-order valence-electron chi connectivity index (χ1n) is 14.5. The van der Waals surface area contributed by atoms with Crippen LogP contribution in [0.2, 0.25) is 0 Å². The van der Waals surface area contributed by atoms with Gasteiger partial charge in [0.1, 0.15) is 18.4 Å². The van der Waals surface area contributed by atoms with Crippen LogP contribution in [-0.2, 0) is 23.1 Å². The Bertz CT molecular complexity index is 1620. The Hall–Kier alpha value is -5.60. The molecule has 3 heterocycles. The Morgan fingerprint density at radius 1 is 1.02 bits per heavy atom. The third kappa shape index (κ3) is 8.49. The number of nitrogens with zero attached hydrogens (tertiary/aromatic N) is 6. The number of hydrogen-bond acceptors (Lipinski definition) is 9. The van der Waals surface area contributed by atoms with E-state index in [2.05, 4.69) is 41.3 Å². The van der Waals surface area contributed by atoms with Crippen molar-refractivity contribution in [2.24, 2.45) is 7.05 Å². The maximum atomic E-state index is 13.5. The molecule has 234 valence electrons. The van der Waals surface area contributed by atoms with Gasteiger partial charge in [-0.1, -0.05) is 18.2 Å². The van der Waals surface area contributed by atoms with Crippen molar-refractivity contribution in [3.8, 4) is 17.1 Å². The van der Waals surface area contributed by atoms with Crippen molar-refractivity contribution in [1.29, 1.82) is 0 Å². The van der Waals surface area contributed by atoms with Gasteiger partial charge in [0.15, 0.2) is 0 Å². The fourth-order valence-electron chi connectivity index (χ4n) is 4.74. The molecule has 45 heavy (non-hydrogen) atoms. The zero-order chi connectivity index (χ0) is 31.6. The molecule has 1 atom stereocenters. The van der Waals surface area contributed by atoms with Crippen molar-refractivity contribution in [3.63, 3.8) is 0 Å². The molecule has 15 nitrogen and oxygen atoms in total. The topological polar surface area (TPSA) is 189 Å². The first-order valence-corrected chi connectivity index (χ1v) is 14.5. The van der Waals surface area contributed by atoms with E-state index in [0.717, 1.165) is 0 Å². The molecule has 0 fully saturated rings. The second-order valence-corrected chi connectivity index (χ2v) is 10.4. The van der Waals surface area contributed by atoms with E-state index in [0.29, 0.717) is 53.3 Å². The monoisotopic (exact) mass is 614 g/mol. The minimum Gasteiger partial charge on any atom is -0.492 e. The standard InChI is InChI=1S/C30H34N10O5/c1-39-37-27(36-38-39)20-7-9-21(10-8-20)30(44)40-13-3-2-11-33-29(43)25(16-23-17-31-19-34-23)35-28(42)22-5-4-6-24(15-22)45-14-12-32-26(41)18-40/h4-10,15,17,19,25H,2-3,11-14,16,18H2,1H3,(H,31,34)(H,32,41)(H,33,43)(H,35,42)/t25-/m0/s1. The summed E-state index contributed by atoms with van der Waals surface area (Å²) >= 11 is 0. The highest BCUT2D eigenvalue weighted by molar-refractivity contribution is 5.98. The number of benzene rings is 2. The van der Waals surface area contributed by atoms with Crippen LogP contribution in [0.15, 0.2) is 61.1 Å². The van der Waals surface area contributed by atoms with Crippen molar-refractivity contribution in [1.82, 2.24) is 51.0 Å². The molecule has 2 bridgehead atoms. The zero-order valence-electron chi connectivity index (χ0n) is 24.7. The van der Waals surface area contributed by atoms with Gasteiger partial charge in [-0.2, -0.15) is 4.80 Å². The third-order valence-corrected chi connectivity index (χ3v) is 7.06. The van der Waals surface area contributed by atoms with Crippen LogP contribution in [-0.4, -0.2) is 97.5 Å². The van der Waals surface area contributed by atoms with Crippen molar-refractivity contribution < 1.29 is 23.9 Å². The molecule has 0 saturated heterocycles. The van der Waals surface area contributed by atoms with E-state index in [1.54, 1.807) is 61.8 Å². The summed E-state index contributed by atoms with van der Waals surface area (Å²) in [6, 6.07) is 12.5. The maximum Gasteiger partial charge on any atom is 0.254 e. The normalized spacial score (nSPS) is 17.1. The predicted molar refractivity (Wildman–Crippen MR) is 161 cm³/mol. The number of nitrogens with one attached hydrogen (secondary N) is 4. The Morgan fingerprint density at radius 3 is 2.62 bits per heavy atom. The highest BCUT2D eigenvalue weighted by atomic mass is 16.5. The molecule has 0 saturated carbocycles. The molecule has 0 spiro atoms. The van der Waals surface area contributed by atoms with Crippen LogP contribution in [0, 0.1) is 0 Å². The Balaban J connectivity index is 1.29. The summed E-state index contributed by atoms with van der Waals surface area (Å²) in [6.45, 7) is 0.784. The first kappa shape index (κ1) is 30.8. The summed E-state index contributed by atoms with van der Waals surface area (Å²) in [5, 5.41) is 20.5. The number of amides is 4. The Labute approximate surface area is 258 Å². The molecule has 1 aliphatic rings. The summed E-state index contributed by atoms with van der Waals surface area (Å²) < 4.78 is 5.75. The molecular formula is C30H34N10O5. The van der Waals surface area contributed by atoms with E-state index >= 15 is 0 Å². The van der Waals surface area contributed by atoms with Gasteiger partial charge in [-0.05, 0) is 48.4 Å². The molecule has 4 N–H and O–H groups in total. The predicted octanol–water partition coefficient (Wildman–Crippen LogP) is 0.489. The van der Waals surface area contributed by atoms with E-state index in [-0.39, 0.29) is 50.4 Å². The van der Waals surface area contributed by atoms with Crippen LogP contribution < -0.4 is 20.7 Å². The molecule has 0 radical (unpaired) electrons. The van der Waals surface area contributed by atoms with Crippen LogP contribution in [0.4, 0.5) is 0 Å².